The summed E-state index contributed by atoms with van der Waals surface area (Å²) in [5.41, 5.74) is 0. The quantitative estimate of drug-likeness (QED) is 0.433. The van der Waals surface area contributed by atoms with Gasteiger partial charge < -0.3 is 8.53 Å². The van der Waals surface area contributed by atoms with E-state index in [-0.39, 0.29) is 6.29 Å². The Morgan fingerprint density at radius 2 is 1.64 bits per heavy atom. The molecule has 2 nitrogen and oxygen atoms in total. The van der Waals surface area contributed by atoms with Crippen molar-refractivity contribution in [2.75, 3.05) is 6.61 Å². The number of rotatable bonds is 9. The third kappa shape index (κ3) is 6.84. The van der Waals surface area contributed by atoms with Gasteiger partial charge in [0.05, 0.1) is 0 Å². The van der Waals surface area contributed by atoms with Crippen LogP contribution in [0.4, 0.5) is 0 Å². The van der Waals surface area contributed by atoms with Crippen LogP contribution in [0.25, 0.3) is 0 Å². The van der Waals surface area contributed by atoms with E-state index in [4.69, 9.17) is 8.53 Å². The molecule has 0 saturated heterocycles. The molecule has 3 heteroatoms. The Kier molecular flexibility index (Phi) is 10.3. The minimum Gasteiger partial charge on any atom is -0.478 e. The van der Waals surface area contributed by atoms with Gasteiger partial charge in [-0.05, 0) is 12.8 Å². The van der Waals surface area contributed by atoms with Gasteiger partial charge >= 0.3 is 14.5 Å². The van der Waals surface area contributed by atoms with Crippen molar-refractivity contribution in [3.05, 3.63) is 0 Å². The molecule has 0 bridgehead atoms. The maximum atomic E-state index is 6.01. The molecule has 1 atom stereocenters. The zero-order chi connectivity index (χ0) is 10.8. The van der Waals surface area contributed by atoms with Gasteiger partial charge in [-0.3, -0.25) is 0 Å². The van der Waals surface area contributed by atoms with Gasteiger partial charge in [0, 0.05) is 6.61 Å². The van der Waals surface area contributed by atoms with Crippen LogP contribution in [-0.4, -0.2) is 27.4 Å². The lowest BCUT2D eigenvalue weighted by Crippen LogP contribution is -2.27. The summed E-state index contributed by atoms with van der Waals surface area (Å²) in [6.45, 7) is 9.60. The van der Waals surface area contributed by atoms with Gasteiger partial charge in [-0.25, -0.2) is 0 Å². The Bertz CT molecular complexity index is 116. The molecular formula is C11H25AlO2. The van der Waals surface area contributed by atoms with Crippen LogP contribution < -0.4 is 0 Å². The van der Waals surface area contributed by atoms with Crippen LogP contribution >= 0.6 is 0 Å². The van der Waals surface area contributed by atoms with Gasteiger partial charge in [-0.1, -0.05) is 44.7 Å². The Morgan fingerprint density at radius 3 is 2.07 bits per heavy atom. The molecule has 0 fully saturated rings. The summed E-state index contributed by atoms with van der Waals surface area (Å²) < 4.78 is 11.7. The van der Waals surface area contributed by atoms with Gasteiger partial charge in [0.1, 0.15) is 6.29 Å². The van der Waals surface area contributed by atoms with E-state index in [9.17, 15) is 0 Å². The Morgan fingerprint density at radius 1 is 1.00 bits per heavy atom. The van der Waals surface area contributed by atoms with Crippen molar-refractivity contribution < 1.29 is 8.53 Å². The molecule has 1 unspecified atom stereocenters. The largest absolute Gasteiger partial charge is 0.478 e. The van der Waals surface area contributed by atoms with Crippen LogP contribution in [0.15, 0.2) is 0 Å². The summed E-state index contributed by atoms with van der Waals surface area (Å²) in [4.78, 5) is 0. The molecule has 0 aliphatic heterocycles. The summed E-state index contributed by atoms with van der Waals surface area (Å²) in [7, 11) is 0. The van der Waals surface area contributed by atoms with Gasteiger partial charge in [0.25, 0.3) is 0 Å². The molecule has 0 rings (SSSR count). The van der Waals surface area contributed by atoms with Crippen molar-refractivity contribution in [3.63, 3.8) is 0 Å². The van der Waals surface area contributed by atoms with Crippen LogP contribution in [-0.2, 0) is 8.53 Å². The molecule has 0 aromatic rings. The molecule has 0 aliphatic carbocycles. The molecule has 0 saturated carbocycles. The summed E-state index contributed by atoms with van der Waals surface area (Å²) >= 11 is -0.949. The van der Waals surface area contributed by atoms with E-state index in [1.165, 1.54) is 10.6 Å². The fourth-order valence-electron chi connectivity index (χ4n) is 1.37. The standard InChI is InChI=1S/C7H15O2.2C2H5.Al/c1-3-5-7(8)9-6-4-2;2*1-2;/h7H,3-6H2,1-2H3;2*1H2,2H3;/q-1;;;+1. The fourth-order valence-corrected chi connectivity index (χ4v) is 2.98. The first-order valence-corrected chi connectivity index (χ1v) is 8.15. The second-order valence-corrected chi connectivity index (χ2v) is 6.81. The van der Waals surface area contributed by atoms with Crippen LogP contribution in [0.2, 0.25) is 10.6 Å². The topological polar surface area (TPSA) is 18.5 Å². The summed E-state index contributed by atoms with van der Waals surface area (Å²) in [6.07, 6.45) is 3.34. The molecular weight excluding hydrogens is 191 g/mol. The van der Waals surface area contributed by atoms with Crippen molar-refractivity contribution in [2.24, 2.45) is 0 Å². The highest BCUT2D eigenvalue weighted by Crippen LogP contribution is 2.10. The van der Waals surface area contributed by atoms with E-state index in [0.717, 1.165) is 25.9 Å². The van der Waals surface area contributed by atoms with Crippen molar-refractivity contribution in [1.29, 1.82) is 0 Å². The highest BCUT2D eigenvalue weighted by atomic mass is 27.2. The molecule has 0 heterocycles. The minimum atomic E-state index is -0.949. The van der Waals surface area contributed by atoms with Crippen LogP contribution in [0.5, 0.6) is 0 Å². The number of hydrogen-bond acceptors (Lipinski definition) is 2. The van der Waals surface area contributed by atoms with Crippen LogP contribution in [0, 0.1) is 0 Å². The van der Waals surface area contributed by atoms with Crippen molar-refractivity contribution in [1.82, 2.24) is 0 Å². The predicted molar refractivity (Wildman–Crippen MR) is 62.7 cm³/mol. The zero-order valence-corrected chi connectivity index (χ0v) is 11.4. The fraction of sp³-hybridized carbons (Fsp3) is 1.00. The third-order valence-electron chi connectivity index (χ3n) is 2.29. The average Bonchev–Trinajstić information content (AvgIpc) is 2.22. The monoisotopic (exact) mass is 216 g/mol. The lowest BCUT2D eigenvalue weighted by atomic mass is 10.3. The molecule has 84 valence electrons. The smallest absolute Gasteiger partial charge is 0.462 e. The van der Waals surface area contributed by atoms with E-state index in [0.29, 0.717) is 0 Å². The molecule has 0 aliphatic rings. The van der Waals surface area contributed by atoms with Gasteiger partial charge in [0.2, 0.25) is 0 Å². The SMILES string of the molecule is CCCOC(CCC)[O][Al]([CH2]C)[CH2]C. The first-order chi connectivity index (χ1) is 6.78. The first kappa shape index (κ1) is 14.5. The lowest BCUT2D eigenvalue weighted by molar-refractivity contribution is -0.0874. The maximum Gasteiger partial charge on any atom is 0.462 e. The summed E-state index contributed by atoms with van der Waals surface area (Å²) in [5.74, 6) is 0. The van der Waals surface area contributed by atoms with Crippen LogP contribution in [0.3, 0.4) is 0 Å². The molecule has 14 heavy (non-hydrogen) atoms. The third-order valence-corrected chi connectivity index (χ3v) is 4.80. The Balaban J connectivity index is 3.80. The first-order valence-electron chi connectivity index (χ1n) is 6.05. The lowest BCUT2D eigenvalue weighted by Gasteiger charge is -2.21. The molecule has 0 radical (unpaired) electrons. The summed E-state index contributed by atoms with van der Waals surface area (Å²) in [6, 6.07) is 0. The Hall–Kier alpha value is 0.452. The molecule has 0 spiro atoms. The average molecular weight is 216 g/mol. The van der Waals surface area contributed by atoms with Crippen LogP contribution in [0.1, 0.15) is 47.0 Å². The second-order valence-electron chi connectivity index (χ2n) is 3.66. The van der Waals surface area contributed by atoms with E-state index >= 15 is 0 Å². The van der Waals surface area contributed by atoms with E-state index in [1.54, 1.807) is 0 Å². The van der Waals surface area contributed by atoms with Gasteiger partial charge in [0.15, 0.2) is 0 Å². The van der Waals surface area contributed by atoms with Crippen molar-refractivity contribution in [2.45, 2.75) is 63.8 Å². The minimum absolute atomic E-state index is 0.0801. The highest BCUT2D eigenvalue weighted by Gasteiger charge is 2.20. The Labute approximate surface area is 93.7 Å². The van der Waals surface area contributed by atoms with E-state index in [2.05, 4.69) is 27.7 Å². The molecule has 0 N–H and O–H groups in total. The molecule has 0 amide bonds. The summed E-state index contributed by atoms with van der Waals surface area (Å²) in [5, 5.41) is 2.43. The normalized spacial score (nSPS) is 12.9. The van der Waals surface area contributed by atoms with Gasteiger partial charge in [-0.2, -0.15) is 0 Å². The van der Waals surface area contributed by atoms with Gasteiger partial charge in [-0.15, -0.1) is 0 Å². The van der Waals surface area contributed by atoms with Crippen molar-refractivity contribution >= 4 is 14.5 Å². The molecule has 0 aromatic heterocycles. The predicted octanol–water partition coefficient (Wildman–Crippen LogP) is 3.59. The van der Waals surface area contributed by atoms with E-state index in [1.807, 2.05) is 0 Å². The zero-order valence-electron chi connectivity index (χ0n) is 10.2. The van der Waals surface area contributed by atoms with Crippen molar-refractivity contribution in [3.8, 4) is 0 Å². The number of hydrogen-bond donors (Lipinski definition) is 0. The van der Waals surface area contributed by atoms with E-state index < -0.39 is 14.5 Å². The second kappa shape index (κ2) is 9.99. The number of ether oxygens (including phenoxy) is 1. The highest BCUT2D eigenvalue weighted by molar-refractivity contribution is 6.51. The molecule has 0 aromatic carbocycles. The maximum absolute atomic E-state index is 6.01.